The van der Waals surface area contributed by atoms with E-state index < -0.39 is 0 Å². The Labute approximate surface area is 109 Å². The zero-order chi connectivity index (χ0) is 12.8. The number of nitrogens with zero attached hydrogens (tertiary/aromatic N) is 1. The fourth-order valence-electron chi connectivity index (χ4n) is 4.18. The fraction of sp³-hybridized carbons (Fsp3) is 0.733. The maximum absolute atomic E-state index is 13.5. The predicted molar refractivity (Wildman–Crippen MR) is 70.5 cm³/mol. The largest absolute Gasteiger partial charge is 0.632 e. The molecule has 2 fully saturated rings. The van der Waals surface area contributed by atoms with Gasteiger partial charge in [-0.15, -0.1) is 0 Å². The summed E-state index contributed by atoms with van der Waals surface area (Å²) in [5, 5.41) is 13.5. The first-order chi connectivity index (χ1) is 8.61. The van der Waals surface area contributed by atoms with Crippen LogP contribution in [0.25, 0.3) is 0 Å². The van der Waals surface area contributed by atoms with Gasteiger partial charge < -0.3 is 14.3 Å². The van der Waals surface area contributed by atoms with E-state index >= 15 is 0 Å². The van der Waals surface area contributed by atoms with Crippen LogP contribution in [0.5, 0.6) is 0 Å². The molecule has 0 aliphatic carbocycles. The number of piperidine rings is 2. The third kappa shape index (κ3) is 1.81. The van der Waals surface area contributed by atoms with Crippen molar-refractivity contribution >= 4 is 0 Å². The molecule has 3 rings (SSSR count). The highest BCUT2D eigenvalue weighted by molar-refractivity contribution is 5.11. The van der Waals surface area contributed by atoms with Crippen molar-refractivity contribution in [2.24, 2.45) is 11.8 Å². The molecule has 0 spiro atoms. The second-order valence-corrected chi connectivity index (χ2v) is 6.41. The van der Waals surface area contributed by atoms with Gasteiger partial charge in [0.25, 0.3) is 0 Å². The first-order valence-electron chi connectivity index (χ1n) is 7.22. The van der Waals surface area contributed by atoms with E-state index in [0.717, 1.165) is 24.9 Å². The highest BCUT2D eigenvalue weighted by Crippen LogP contribution is 2.48. The number of hydrogen-bond acceptors (Lipinski definition) is 2. The molecule has 100 valence electrons. The van der Waals surface area contributed by atoms with Crippen LogP contribution in [-0.2, 0) is 0 Å². The standard InChI is InChI=1S/C15H23NO2/c1-11-3-5-14-12(2)4-6-15(16(14,17)9-11)13-7-8-18-10-13/h7-8,10-12,14-15H,3-6,9H2,1-2H3/t11-,12+,14-,15-,16-/m0/s1. The third-order valence-electron chi connectivity index (χ3n) is 5.12. The maximum atomic E-state index is 13.5. The molecule has 1 aromatic heterocycles. The molecular formula is C15H23NO2. The van der Waals surface area contributed by atoms with E-state index in [0.29, 0.717) is 17.9 Å². The summed E-state index contributed by atoms with van der Waals surface area (Å²) in [6.07, 6.45) is 7.97. The van der Waals surface area contributed by atoms with E-state index in [1.165, 1.54) is 12.8 Å². The van der Waals surface area contributed by atoms with E-state index in [4.69, 9.17) is 4.42 Å². The van der Waals surface area contributed by atoms with E-state index in [1.54, 1.807) is 12.5 Å². The van der Waals surface area contributed by atoms with E-state index in [-0.39, 0.29) is 10.7 Å². The summed E-state index contributed by atoms with van der Waals surface area (Å²) in [6, 6.07) is 2.39. The number of furan rings is 1. The Balaban J connectivity index is 1.95. The highest BCUT2D eigenvalue weighted by atomic mass is 16.6. The Morgan fingerprint density at radius 3 is 2.78 bits per heavy atom. The summed E-state index contributed by atoms with van der Waals surface area (Å²) in [5.41, 5.74) is 1.11. The molecule has 0 radical (unpaired) electrons. The van der Waals surface area contributed by atoms with Crippen molar-refractivity contribution in [1.29, 1.82) is 0 Å². The molecule has 18 heavy (non-hydrogen) atoms. The third-order valence-corrected chi connectivity index (χ3v) is 5.12. The van der Waals surface area contributed by atoms with Crippen LogP contribution < -0.4 is 0 Å². The highest BCUT2D eigenvalue weighted by Gasteiger charge is 2.47. The van der Waals surface area contributed by atoms with Gasteiger partial charge in [0, 0.05) is 30.2 Å². The molecule has 0 amide bonds. The van der Waals surface area contributed by atoms with Gasteiger partial charge in [-0.3, -0.25) is 0 Å². The molecule has 2 aliphatic rings. The summed E-state index contributed by atoms with van der Waals surface area (Å²) in [4.78, 5) is 0. The first-order valence-corrected chi connectivity index (χ1v) is 7.22. The second-order valence-electron chi connectivity index (χ2n) is 6.41. The normalized spacial score (nSPS) is 44.6. The van der Waals surface area contributed by atoms with E-state index in [2.05, 4.69) is 13.8 Å². The molecule has 5 atom stereocenters. The first kappa shape index (κ1) is 12.2. The number of hydrogen-bond donors (Lipinski definition) is 0. The van der Waals surface area contributed by atoms with Crippen LogP contribution in [0, 0.1) is 17.0 Å². The maximum Gasteiger partial charge on any atom is 0.118 e. The molecule has 0 saturated carbocycles. The van der Waals surface area contributed by atoms with Crippen LogP contribution in [0.15, 0.2) is 23.0 Å². The summed E-state index contributed by atoms with van der Waals surface area (Å²) in [5.74, 6) is 1.12. The smallest absolute Gasteiger partial charge is 0.118 e. The molecule has 3 heteroatoms. The van der Waals surface area contributed by atoms with Gasteiger partial charge in [0.2, 0.25) is 0 Å². The van der Waals surface area contributed by atoms with Crippen LogP contribution in [0.2, 0.25) is 0 Å². The molecule has 0 unspecified atom stereocenters. The van der Waals surface area contributed by atoms with Crippen molar-refractivity contribution in [2.45, 2.75) is 51.6 Å². The van der Waals surface area contributed by atoms with Crippen LogP contribution in [0.1, 0.15) is 51.1 Å². The average Bonchev–Trinajstić information content (AvgIpc) is 2.81. The molecular weight excluding hydrogens is 226 g/mol. The summed E-state index contributed by atoms with van der Waals surface area (Å²) in [7, 11) is 0. The van der Waals surface area contributed by atoms with Crippen molar-refractivity contribution in [2.75, 3.05) is 6.54 Å². The van der Waals surface area contributed by atoms with Crippen molar-refractivity contribution in [3.8, 4) is 0 Å². The number of hydroxylamine groups is 3. The number of fused-ring (bicyclic) bond motifs is 1. The molecule has 0 aromatic carbocycles. The Bertz CT molecular complexity index is 403. The minimum atomic E-state index is 0.00185. The van der Waals surface area contributed by atoms with Crippen molar-refractivity contribution in [3.63, 3.8) is 0 Å². The van der Waals surface area contributed by atoms with Crippen LogP contribution in [0.4, 0.5) is 0 Å². The second kappa shape index (κ2) is 4.39. The molecule has 3 heterocycles. The molecule has 2 aliphatic heterocycles. The van der Waals surface area contributed by atoms with Crippen molar-refractivity contribution in [1.82, 2.24) is 0 Å². The van der Waals surface area contributed by atoms with Gasteiger partial charge in [-0.2, -0.15) is 0 Å². The molecule has 2 saturated heterocycles. The van der Waals surface area contributed by atoms with Crippen LogP contribution in [0.3, 0.4) is 0 Å². The Morgan fingerprint density at radius 1 is 1.22 bits per heavy atom. The van der Waals surface area contributed by atoms with Crippen LogP contribution >= 0.6 is 0 Å². The fourth-order valence-corrected chi connectivity index (χ4v) is 4.18. The lowest BCUT2D eigenvalue weighted by Gasteiger charge is -2.61. The minimum Gasteiger partial charge on any atom is -0.632 e. The van der Waals surface area contributed by atoms with Gasteiger partial charge in [0.15, 0.2) is 0 Å². The topological polar surface area (TPSA) is 36.2 Å². The monoisotopic (exact) mass is 249 g/mol. The van der Waals surface area contributed by atoms with Gasteiger partial charge >= 0.3 is 0 Å². The SMILES string of the molecule is C[C@H]1CC[C@H]2[C@H](C)CC[C@@H](c3ccoc3)[N@+]2([O-])C1. The summed E-state index contributed by atoms with van der Waals surface area (Å²) >= 11 is 0. The summed E-state index contributed by atoms with van der Waals surface area (Å²) < 4.78 is 5.20. The Kier molecular flexibility index (Phi) is 2.99. The lowest BCUT2D eigenvalue weighted by Crippen LogP contribution is -2.62. The van der Waals surface area contributed by atoms with E-state index in [9.17, 15) is 5.21 Å². The van der Waals surface area contributed by atoms with Crippen molar-refractivity contribution in [3.05, 3.63) is 29.4 Å². The van der Waals surface area contributed by atoms with E-state index in [1.807, 2.05) is 6.07 Å². The lowest BCUT2D eigenvalue weighted by molar-refractivity contribution is -0.952. The van der Waals surface area contributed by atoms with Crippen molar-refractivity contribution < 1.29 is 9.06 Å². The van der Waals surface area contributed by atoms with Gasteiger partial charge in [-0.25, -0.2) is 0 Å². The van der Waals surface area contributed by atoms with Crippen LogP contribution in [-0.4, -0.2) is 17.2 Å². The van der Waals surface area contributed by atoms with Gasteiger partial charge in [-0.05, 0) is 18.9 Å². The predicted octanol–water partition coefficient (Wildman–Crippen LogP) is 3.86. The number of rotatable bonds is 1. The minimum absolute atomic E-state index is 0.00185. The zero-order valence-corrected chi connectivity index (χ0v) is 11.3. The zero-order valence-electron chi connectivity index (χ0n) is 11.3. The van der Waals surface area contributed by atoms with Gasteiger partial charge in [0.1, 0.15) is 6.04 Å². The number of quaternary nitrogens is 1. The quantitative estimate of drug-likeness (QED) is 0.559. The Morgan fingerprint density at radius 2 is 2.06 bits per heavy atom. The van der Waals surface area contributed by atoms with Gasteiger partial charge in [-0.1, -0.05) is 13.8 Å². The van der Waals surface area contributed by atoms with Gasteiger partial charge in [0.05, 0.1) is 25.1 Å². The Hall–Kier alpha value is -0.800. The molecule has 3 nitrogen and oxygen atoms in total. The molecule has 0 bridgehead atoms. The molecule has 1 aromatic rings. The average molecular weight is 249 g/mol. The lowest BCUT2D eigenvalue weighted by atomic mass is 9.77. The summed E-state index contributed by atoms with van der Waals surface area (Å²) in [6.45, 7) is 5.27. The molecule has 0 N–H and O–H groups in total.